The van der Waals surface area contributed by atoms with Gasteiger partial charge in [0.1, 0.15) is 10.8 Å². The standard InChI is InChI=1S/C11H12FN3S2/c1-6(13)8-3-4-10(9(12)5-8)17-11-15-14-7(2)16-11/h3-6H,13H2,1-2H3/t6-/m1/s1. The maximum Gasteiger partial charge on any atom is 0.179 e. The highest BCUT2D eigenvalue weighted by Gasteiger charge is 2.10. The van der Waals surface area contributed by atoms with Crippen molar-refractivity contribution >= 4 is 23.1 Å². The van der Waals surface area contributed by atoms with Crippen LogP contribution in [0.4, 0.5) is 4.39 Å². The van der Waals surface area contributed by atoms with E-state index in [1.807, 2.05) is 19.9 Å². The van der Waals surface area contributed by atoms with Crippen LogP contribution in [0.3, 0.4) is 0 Å². The summed E-state index contributed by atoms with van der Waals surface area (Å²) in [5.41, 5.74) is 6.49. The fourth-order valence-electron chi connectivity index (χ4n) is 1.30. The molecule has 1 aromatic heterocycles. The Hall–Kier alpha value is -0.980. The molecular formula is C11H12FN3S2. The van der Waals surface area contributed by atoms with E-state index in [9.17, 15) is 4.39 Å². The van der Waals surface area contributed by atoms with Crippen molar-refractivity contribution in [1.29, 1.82) is 0 Å². The van der Waals surface area contributed by atoms with Crippen molar-refractivity contribution in [2.75, 3.05) is 0 Å². The molecule has 2 aromatic rings. The highest BCUT2D eigenvalue weighted by molar-refractivity contribution is 8.01. The molecule has 0 bridgehead atoms. The van der Waals surface area contributed by atoms with Crippen molar-refractivity contribution in [3.05, 3.63) is 34.6 Å². The van der Waals surface area contributed by atoms with Crippen LogP contribution in [-0.4, -0.2) is 10.2 Å². The van der Waals surface area contributed by atoms with Gasteiger partial charge in [-0.25, -0.2) is 4.39 Å². The molecule has 90 valence electrons. The summed E-state index contributed by atoms with van der Waals surface area (Å²) in [6.07, 6.45) is 0. The van der Waals surface area contributed by atoms with Crippen molar-refractivity contribution in [3.8, 4) is 0 Å². The molecule has 1 aromatic carbocycles. The number of rotatable bonds is 3. The first kappa shape index (κ1) is 12.5. The molecule has 17 heavy (non-hydrogen) atoms. The summed E-state index contributed by atoms with van der Waals surface area (Å²) in [6.45, 7) is 3.70. The van der Waals surface area contributed by atoms with Crippen LogP contribution in [-0.2, 0) is 0 Å². The summed E-state index contributed by atoms with van der Waals surface area (Å²) in [6, 6.07) is 4.88. The van der Waals surface area contributed by atoms with Crippen LogP contribution >= 0.6 is 23.1 Å². The van der Waals surface area contributed by atoms with Gasteiger partial charge in [-0.2, -0.15) is 0 Å². The molecular weight excluding hydrogens is 257 g/mol. The topological polar surface area (TPSA) is 51.8 Å². The van der Waals surface area contributed by atoms with Crippen molar-refractivity contribution in [1.82, 2.24) is 10.2 Å². The lowest BCUT2D eigenvalue weighted by Gasteiger charge is -2.07. The Bertz CT molecular complexity index is 525. The van der Waals surface area contributed by atoms with Gasteiger partial charge in [-0.1, -0.05) is 29.2 Å². The molecule has 2 N–H and O–H groups in total. The van der Waals surface area contributed by atoms with Gasteiger partial charge in [-0.15, -0.1) is 10.2 Å². The second-order valence-corrected chi connectivity index (χ2v) is 6.14. The molecule has 0 unspecified atom stereocenters. The number of halogens is 1. The molecule has 1 heterocycles. The Morgan fingerprint density at radius 1 is 1.41 bits per heavy atom. The minimum atomic E-state index is -0.266. The number of hydrogen-bond acceptors (Lipinski definition) is 5. The zero-order valence-corrected chi connectivity index (χ0v) is 11.1. The predicted octanol–water partition coefficient (Wildman–Crippen LogP) is 3.16. The molecule has 6 heteroatoms. The molecule has 0 saturated heterocycles. The van der Waals surface area contributed by atoms with Crippen molar-refractivity contribution in [3.63, 3.8) is 0 Å². The van der Waals surface area contributed by atoms with Crippen LogP contribution in [0.15, 0.2) is 27.4 Å². The van der Waals surface area contributed by atoms with E-state index in [0.29, 0.717) is 4.90 Å². The molecule has 0 aliphatic rings. The zero-order valence-electron chi connectivity index (χ0n) is 9.48. The highest BCUT2D eigenvalue weighted by Crippen LogP contribution is 2.32. The van der Waals surface area contributed by atoms with Gasteiger partial charge in [0, 0.05) is 6.04 Å². The Morgan fingerprint density at radius 2 is 2.18 bits per heavy atom. The number of aromatic nitrogens is 2. The largest absolute Gasteiger partial charge is 0.324 e. The van der Waals surface area contributed by atoms with Crippen molar-refractivity contribution in [2.45, 2.75) is 29.1 Å². The maximum atomic E-state index is 13.8. The van der Waals surface area contributed by atoms with E-state index < -0.39 is 0 Å². The van der Waals surface area contributed by atoms with Crippen LogP contribution in [0, 0.1) is 12.7 Å². The van der Waals surface area contributed by atoms with Crippen LogP contribution < -0.4 is 5.73 Å². The van der Waals surface area contributed by atoms with Crippen LogP contribution in [0.25, 0.3) is 0 Å². The molecule has 0 aliphatic heterocycles. The van der Waals surface area contributed by atoms with E-state index in [-0.39, 0.29) is 11.9 Å². The Morgan fingerprint density at radius 3 is 2.71 bits per heavy atom. The van der Waals surface area contributed by atoms with Gasteiger partial charge in [0.25, 0.3) is 0 Å². The Balaban J connectivity index is 2.22. The fraction of sp³-hybridized carbons (Fsp3) is 0.273. The molecule has 0 aliphatic carbocycles. The fourth-order valence-corrected chi connectivity index (χ4v) is 3.07. The normalized spacial score (nSPS) is 12.7. The summed E-state index contributed by atoms with van der Waals surface area (Å²) >= 11 is 2.74. The van der Waals surface area contributed by atoms with Gasteiger partial charge in [0.05, 0.1) is 4.90 Å². The summed E-state index contributed by atoms with van der Waals surface area (Å²) < 4.78 is 14.5. The van der Waals surface area contributed by atoms with Gasteiger partial charge >= 0.3 is 0 Å². The third-order valence-electron chi connectivity index (χ3n) is 2.19. The second-order valence-electron chi connectivity index (χ2n) is 3.67. The Kier molecular flexibility index (Phi) is 3.76. The van der Waals surface area contributed by atoms with Crippen LogP contribution in [0.5, 0.6) is 0 Å². The lowest BCUT2D eigenvalue weighted by molar-refractivity contribution is 0.596. The molecule has 0 fully saturated rings. The van der Waals surface area contributed by atoms with Crippen LogP contribution in [0.1, 0.15) is 23.5 Å². The summed E-state index contributed by atoms with van der Waals surface area (Å²) in [5.74, 6) is -0.266. The van der Waals surface area contributed by atoms with Crippen molar-refractivity contribution < 1.29 is 4.39 Å². The number of nitrogens with zero attached hydrogens (tertiary/aromatic N) is 2. The lowest BCUT2D eigenvalue weighted by atomic mass is 10.1. The molecule has 0 amide bonds. The van der Waals surface area contributed by atoms with E-state index in [4.69, 9.17) is 5.73 Å². The molecule has 3 nitrogen and oxygen atoms in total. The zero-order chi connectivity index (χ0) is 12.4. The number of nitrogens with two attached hydrogens (primary N) is 1. The third kappa shape index (κ3) is 3.02. The minimum Gasteiger partial charge on any atom is -0.324 e. The van der Waals surface area contributed by atoms with E-state index in [1.165, 1.54) is 29.2 Å². The van der Waals surface area contributed by atoms with Crippen LogP contribution in [0.2, 0.25) is 0 Å². The first-order valence-corrected chi connectivity index (χ1v) is 6.72. The van der Waals surface area contributed by atoms with E-state index in [0.717, 1.165) is 14.9 Å². The predicted molar refractivity (Wildman–Crippen MR) is 67.8 cm³/mol. The molecule has 0 radical (unpaired) electrons. The summed E-state index contributed by atoms with van der Waals surface area (Å²) in [5, 5.41) is 8.72. The Labute approximate surface area is 107 Å². The van der Waals surface area contributed by atoms with E-state index in [1.54, 1.807) is 6.07 Å². The van der Waals surface area contributed by atoms with E-state index in [2.05, 4.69) is 10.2 Å². The van der Waals surface area contributed by atoms with Gasteiger partial charge in [-0.3, -0.25) is 0 Å². The molecule has 2 rings (SSSR count). The minimum absolute atomic E-state index is 0.160. The molecule has 0 spiro atoms. The maximum absolute atomic E-state index is 13.8. The number of benzene rings is 1. The van der Waals surface area contributed by atoms with Crippen molar-refractivity contribution in [2.24, 2.45) is 5.73 Å². The second kappa shape index (κ2) is 5.12. The summed E-state index contributed by atoms with van der Waals surface area (Å²) in [4.78, 5) is 0.547. The average molecular weight is 269 g/mol. The molecule has 1 atom stereocenters. The van der Waals surface area contributed by atoms with Gasteiger partial charge in [0.15, 0.2) is 4.34 Å². The third-order valence-corrected chi connectivity index (χ3v) is 4.13. The monoisotopic (exact) mass is 269 g/mol. The van der Waals surface area contributed by atoms with Gasteiger partial charge in [0.2, 0.25) is 0 Å². The van der Waals surface area contributed by atoms with Gasteiger partial charge in [-0.05, 0) is 31.5 Å². The number of hydrogen-bond donors (Lipinski definition) is 1. The number of aryl methyl sites for hydroxylation is 1. The average Bonchev–Trinajstić information content (AvgIpc) is 2.67. The highest BCUT2D eigenvalue weighted by atomic mass is 32.2. The summed E-state index contributed by atoms with van der Waals surface area (Å²) in [7, 11) is 0. The lowest BCUT2D eigenvalue weighted by Crippen LogP contribution is -2.05. The van der Waals surface area contributed by atoms with Gasteiger partial charge < -0.3 is 5.73 Å². The van der Waals surface area contributed by atoms with E-state index >= 15 is 0 Å². The first-order chi connectivity index (χ1) is 8.06. The first-order valence-electron chi connectivity index (χ1n) is 5.09. The quantitative estimate of drug-likeness (QED) is 0.930. The smallest absolute Gasteiger partial charge is 0.179 e. The SMILES string of the molecule is Cc1nnc(Sc2ccc([C@@H](C)N)cc2F)s1. The molecule has 0 saturated carbocycles.